The van der Waals surface area contributed by atoms with E-state index in [1.54, 1.807) is 12.1 Å². The van der Waals surface area contributed by atoms with Crippen molar-refractivity contribution in [2.75, 3.05) is 17.2 Å². The first-order chi connectivity index (χ1) is 9.60. The van der Waals surface area contributed by atoms with Gasteiger partial charge in [0.1, 0.15) is 5.82 Å². The van der Waals surface area contributed by atoms with Crippen LogP contribution in [0.2, 0.25) is 0 Å². The first-order valence-corrected chi connectivity index (χ1v) is 6.56. The van der Waals surface area contributed by atoms with E-state index in [0.29, 0.717) is 11.5 Å². The van der Waals surface area contributed by atoms with Gasteiger partial charge in [-0.1, -0.05) is 17.7 Å². The first-order valence-electron chi connectivity index (χ1n) is 6.56. The van der Waals surface area contributed by atoms with Crippen molar-refractivity contribution in [3.8, 4) is 0 Å². The van der Waals surface area contributed by atoms with E-state index in [9.17, 15) is 4.79 Å². The number of aryl methyl sites for hydroxylation is 2. The molecule has 0 aliphatic rings. The molecule has 104 valence electrons. The van der Waals surface area contributed by atoms with Crippen molar-refractivity contribution in [3.63, 3.8) is 0 Å². The summed E-state index contributed by atoms with van der Waals surface area (Å²) in [4.78, 5) is 12.1. The number of hydrogen-bond donors (Lipinski definition) is 2. The third kappa shape index (κ3) is 3.32. The minimum absolute atomic E-state index is 0.257. The molecule has 5 heteroatoms. The molecule has 1 aromatic heterocycles. The molecule has 2 N–H and O–H groups in total. The van der Waals surface area contributed by atoms with Crippen LogP contribution >= 0.6 is 0 Å². The van der Waals surface area contributed by atoms with Crippen LogP contribution in [0.1, 0.15) is 28.5 Å². The molecule has 1 aromatic carbocycles. The third-order valence-electron chi connectivity index (χ3n) is 2.89. The minimum atomic E-state index is -0.257. The van der Waals surface area contributed by atoms with Gasteiger partial charge in [-0.05, 0) is 44.5 Å². The fourth-order valence-electron chi connectivity index (χ4n) is 1.87. The molecule has 2 aromatic rings. The highest BCUT2D eigenvalue weighted by Gasteiger charge is 2.09. The van der Waals surface area contributed by atoms with Crippen LogP contribution in [-0.4, -0.2) is 22.6 Å². The van der Waals surface area contributed by atoms with Gasteiger partial charge in [0.25, 0.3) is 5.91 Å². The van der Waals surface area contributed by atoms with E-state index < -0.39 is 0 Å². The molecule has 1 amide bonds. The fourth-order valence-corrected chi connectivity index (χ4v) is 1.87. The molecule has 0 radical (unpaired) electrons. The van der Waals surface area contributed by atoms with Gasteiger partial charge in [0, 0.05) is 12.2 Å². The van der Waals surface area contributed by atoms with Crippen LogP contribution in [0.4, 0.5) is 11.5 Å². The smallest absolute Gasteiger partial charge is 0.276 e. The second-order valence-corrected chi connectivity index (χ2v) is 4.61. The van der Waals surface area contributed by atoms with Gasteiger partial charge in [-0.3, -0.25) is 4.79 Å². The topological polar surface area (TPSA) is 66.9 Å². The van der Waals surface area contributed by atoms with Crippen molar-refractivity contribution in [1.29, 1.82) is 0 Å². The van der Waals surface area contributed by atoms with Crippen LogP contribution in [-0.2, 0) is 0 Å². The number of carbonyl (C=O) groups excluding carboxylic acids is 1. The van der Waals surface area contributed by atoms with Gasteiger partial charge in [-0.25, -0.2) is 0 Å². The number of aromatic nitrogens is 2. The van der Waals surface area contributed by atoms with Gasteiger partial charge in [-0.15, -0.1) is 10.2 Å². The summed E-state index contributed by atoms with van der Waals surface area (Å²) in [5.41, 5.74) is 3.27. The Bertz CT molecular complexity index is 608. The fraction of sp³-hybridized carbons (Fsp3) is 0.267. The van der Waals surface area contributed by atoms with E-state index >= 15 is 0 Å². The van der Waals surface area contributed by atoms with Crippen molar-refractivity contribution < 1.29 is 4.79 Å². The largest absolute Gasteiger partial charge is 0.369 e. The van der Waals surface area contributed by atoms with Gasteiger partial charge < -0.3 is 10.6 Å². The Morgan fingerprint density at radius 3 is 2.55 bits per heavy atom. The Morgan fingerprint density at radius 2 is 1.95 bits per heavy atom. The number of rotatable bonds is 4. The minimum Gasteiger partial charge on any atom is -0.369 e. The molecule has 0 saturated heterocycles. The normalized spacial score (nSPS) is 10.2. The zero-order valence-corrected chi connectivity index (χ0v) is 11.9. The van der Waals surface area contributed by atoms with Crippen LogP contribution in [0, 0.1) is 13.8 Å². The summed E-state index contributed by atoms with van der Waals surface area (Å²) in [5, 5.41) is 13.7. The van der Waals surface area contributed by atoms with Crippen LogP contribution in [0.3, 0.4) is 0 Å². The number of nitrogens with one attached hydrogen (secondary N) is 2. The van der Waals surface area contributed by atoms with E-state index in [4.69, 9.17) is 0 Å². The lowest BCUT2D eigenvalue weighted by atomic mass is 10.1. The third-order valence-corrected chi connectivity index (χ3v) is 2.89. The van der Waals surface area contributed by atoms with Gasteiger partial charge in [0.2, 0.25) is 0 Å². The molecule has 0 fully saturated rings. The van der Waals surface area contributed by atoms with E-state index in [1.807, 2.05) is 39.0 Å². The van der Waals surface area contributed by atoms with Crippen molar-refractivity contribution in [3.05, 3.63) is 47.2 Å². The number of benzene rings is 1. The summed E-state index contributed by atoms with van der Waals surface area (Å²) >= 11 is 0. The van der Waals surface area contributed by atoms with Crippen molar-refractivity contribution in [2.24, 2.45) is 0 Å². The molecular weight excluding hydrogens is 252 g/mol. The number of carbonyl (C=O) groups is 1. The van der Waals surface area contributed by atoms with Gasteiger partial charge in [0.15, 0.2) is 5.69 Å². The molecule has 2 rings (SSSR count). The molecule has 0 spiro atoms. The Kier molecular flexibility index (Phi) is 4.30. The Morgan fingerprint density at radius 1 is 1.15 bits per heavy atom. The summed E-state index contributed by atoms with van der Waals surface area (Å²) in [6, 6.07) is 9.28. The molecular formula is C15H18N4O. The molecule has 0 unspecified atom stereocenters. The summed E-state index contributed by atoms with van der Waals surface area (Å²) in [6.07, 6.45) is 0. The Labute approximate surface area is 118 Å². The van der Waals surface area contributed by atoms with E-state index in [2.05, 4.69) is 20.8 Å². The maximum absolute atomic E-state index is 12.1. The summed E-state index contributed by atoms with van der Waals surface area (Å²) < 4.78 is 0. The lowest BCUT2D eigenvalue weighted by Crippen LogP contribution is -2.15. The van der Waals surface area contributed by atoms with Gasteiger partial charge in [-0.2, -0.15) is 0 Å². The summed E-state index contributed by atoms with van der Waals surface area (Å²) in [7, 11) is 0. The highest BCUT2D eigenvalue weighted by Crippen LogP contribution is 2.16. The van der Waals surface area contributed by atoms with E-state index in [-0.39, 0.29) is 5.91 Å². The zero-order valence-electron chi connectivity index (χ0n) is 11.9. The highest BCUT2D eigenvalue weighted by molar-refractivity contribution is 6.03. The van der Waals surface area contributed by atoms with Gasteiger partial charge in [0.05, 0.1) is 0 Å². The quantitative estimate of drug-likeness (QED) is 0.896. The maximum atomic E-state index is 12.1. The average Bonchev–Trinajstić information content (AvgIpc) is 2.43. The Balaban J connectivity index is 2.11. The summed E-state index contributed by atoms with van der Waals surface area (Å²) in [6.45, 7) is 6.72. The number of amides is 1. The first kappa shape index (κ1) is 14.0. The molecule has 5 nitrogen and oxygen atoms in total. The molecule has 0 atom stereocenters. The standard InChI is InChI=1S/C15H18N4O/c1-4-16-14-8-7-13(18-19-14)15(20)17-12-6-5-10(2)9-11(12)3/h5-9H,4H2,1-3H3,(H,16,19)(H,17,20). The molecule has 1 heterocycles. The summed E-state index contributed by atoms with van der Waals surface area (Å²) in [5.74, 6) is 0.406. The second-order valence-electron chi connectivity index (χ2n) is 4.61. The molecule has 0 aliphatic carbocycles. The highest BCUT2D eigenvalue weighted by atomic mass is 16.1. The average molecular weight is 270 g/mol. The predicted octanol–water partition coefficient (Wildman–Crippen LogP) is 2.78. The molecule has 0 saturated carbocycles. The molecule has 20 heavy (non-hydrogen) atoms. The van der Waals surface area contributed by atoms with E-state index in [1.165, 1.54) is 0 Å². The number of anilines is 2. The lowest BCUT2D eigenvalue weighted by molar-refractivity contribution is 0.102. The zero-order chi connectivity index (χ0) is 14.5. The molecule has 0 bridgehead atoms. The monoisotopic (exact) mass is 270 g/mol. The predicted molar refractivity (Wildman–Crippen MR) is 80.1 cm³/mol. The van der Waals surface area contributed by atoms with E-state index in [0.717, 1.165) is 23.4 Å². The van der Waals surface area contributed by atoms with Crippen LogP contribution in [0.5, 0.6) is 0 Å². The lowest BCUT2D eigenvalue weighted by Gasteiger charge is -2.08. The Hall–Kier alpha value is -2.43. The van der Waals surface area contributed by atoms with Crippen molar-refractivity contribution in [2.45, 2.75) is 20.8 Å². The van der Waals surface area contributed by atoms with Crippen LogP contribution in [0.25, 0.3) is 0 Å². The number of nitrogens with zero attached hydrogens (tertiary/aromatic N) is 2. The van der Waals surface area contributed by atoms with Crippen molar-refractivity contribution in [1.82, 2.24) is 10.2 Å². The maximum Gasteiger partial charge on any atom is 0.276 e. The van der Waals surface area contributed by atoms with Crippen LogP contribution < -0.4 is 10.6 Å². The second kappa shape index (κ2) is 6.14. The molecule has 0 aliphatic heterocycles. The van der Waals surface area contributed by atoms with Crippen molar-refractivity contribution >= 4 is 17.4 Å². The van der Waals surface area contributed by atoms with Gasteiger partial charge >= 0.3 is 0 Å². The van der Waals surface area contributed by atoms with Crippen LogP contribution in [0.15, 0.2) is 30.3 Å². The SMILES string of the molecule is CCNc1ccc(C(=O)Nc2ccc(C)cc2C)nn1. The number of hydrogen-bond acceptors (Lipinski definition) is 4.